The fraction of sp³-hybridized carbons (Fsp3) is 0.923. The second-order valence-electron chi connectivity index (χ2n) is 5.56. The minimum Gasteiger partial charge on any atom is -0.394 e. The topological polar surface area (TPSA) is 207 Å². The van der Waals surface area contributed by atoms with Crippen LogP contribution < -0.4 is 0 Å². The van der Waals surface area contributed by atoms with Gasteiger partial charge in [0.1, 0.15) is 56.1 Å². The smallest absolute Gasteiger partial charge is 0.224 e. The van der Waals surface area contributed by atoms with Crippen molar-refractivity contribution in [2.45, 2.75) is 54.8 Å². The predicted molar refractivity (Wildman–Crippen MR) is 75.8 cm³/mol. The van der Waals surface area contributed by atoms with Gasteiger partial charge in [-0.1, -0.05) is 0 Å². The lowest BCUT2D eigenvalue weighted by molar-refractivity contribution is -0.383. The molecular weight excluding hydrogens is 348 g/mol. The number of hydrogen-bond acceptors (Lipinski definition) is 12. The summed E-state index contributed by atoms with van der Waals surface area (Å²) in [6.07, 6.45) is -12.7. The van der Waals surface area contributed by atoms with Gasteiger partial charge in [0.15, 0.2) is 6.29 Å². The highest BCUT2D eigenvalue weighted by Gasteiger charge is 2.58. The molecule has 9 atom stereocenters. The third kappa shape index (κ3) is 4.15. The van der Waals surface area contributed by atoms with Crippen LogP contribution in [0.2, 0.25) is 0 Å². The Morgan fingerprint density at radius 1 is 0.840 bits per heavy atom. The molecule has 0 aromatic heterocycles. The molecule has 0 saturated carbocycles. The van der Waals surface area contributed by atoms with Crippen LogP contribution in [0.5, 0.6) is 0 Å². The summed E-state index contributed by atoms with van der Waals surface area (Å²) in [5.74, 6) is -2.22. The lowest BCUT2D eigenvalue weighted by Gasteiger charge is -2.43. The van der Waals surface area contributed by atoms with Crippen LogP contribution in [0.4, 0.5) is 0 Å². The molecule has 0 aromatic carbocycles. The standard InChI is InChI=1S/C12H22O11.CH2O/c13-1-4-6(16)8(18)9(19)11(21-4)23-12(3-15)10(20)7(17)5(2-14)22-12;1-2/h4-11,13-20H,1-3H2;1H2/t4-,5-,6-,7-,8+,9-,10+,11-,12+;/m1./s1. The molecule has 8 N–H and O–H groups in total. The van der Waals surface area contributed by atoms with Gasteiger partial charge < -0.3 is 59.9 Å². The minimum atomic E-state index is -2.22. The van der Waals surface area contributed by atoms with Gasteiger partial charge in [-0.3, -0.25) is 0 Å². The normalized spacial score (nSPS) is 47.2. The Hall–Kier alpha value is -0.770. The Bertz CT molecular complexity index is 408. The van der Waals surface area contributed by atoms with Crippen LogP contribution >= 0.6 is 0 Å². The maximum absolute atomic E-state index is 10.00. The van der Waals surface area contributed by atoms with Crippen molar-refractivity contribution in [2.75, 3.05) is 19.8 Å². The molecule has 2 aliphatic rings. The highest BCUT2D eigenvalue weighted by Crippen LogP contribution is 2.35. The molecule has 0 unspecified atom stereocenters. The monoisotopic (exact) mass is 372 g/mol. The molecule has 2 aliphatic heterocycles. The third-order valence-corrected chi connectivity index (χ3v) is 4.07. The first-order valence-corrected chi connectivity index (χ1v) is 7.34. The van der Waals surface area contributed by atoms with Gasteiger partial charge in [0, 0.05) is 0 Å². The van der Waals surface area contributed by atoms with Crippen LogP contribution in [0.25, 0.3) is 0 Å². The molecule has 0 aromatic rings. The number of carbonyl (C=O) groups excluding carboxylic acids is 1. The zero-order chi connectivity index (χ0) is 19.4. The maximum atomic E-state index is 10.00. The van der Waals surface area contributed by atoms with Gasteiger partial charge in [0.05, 0.1) is 13.2 Å². The highest BCUT2D eigenvalue weighted by atomic mass is 16.8. The summed E-state index contributed by atoms with van der Waals surface area (Å²) in [5.41, 5.74) is 0. The van der Waals surface area contributed by atoms with E-state index >= 15 is 0 Å². The zero-order valence-corrected chi connectivity index (χ0v) is 13.2. The average Bonchev–Trinajstić information content (AvgIpc) is 2.88. The van der Waals surface area contributed by atoms with E-state index in [0.717, 1.165) is 0 Å². The van der Waals surface area contributed by atoms with Gasteiger partial charge in [-0.05, 0) is 0 Å². The summed E-state index contributed by atoms with van der Waals surface area (Å²) < 4.78 is 15.4. The number of ether oxygens (including phenoxy) is 3. The zero-order valence-electron chi connectivity index (χ0n) is 13.2. The van der Waals surface area contributed by atoms with E-state index in [1.54, 1.807) is 0 Å². The van der Waals surface area contributed by atoms with E-state index in [4.69, 9.17) is 29.2 Å². The molecule has 2 fully saturated rings. The summed E-state index contributed by atoms with van der Waals surface area (Å²) >= 11 is 0. The molecule has 0 radical (unpaired) electrons. The van der Waals surface area contributed by atoms with Crippen LogP contribution in [-0.2, 0) is 19.0 Å². The average molecular weight is 372 g/mol. The van der Waals surface area contributed by atoms with Crippen molar-refractivity contribution in [3.8, 4) is 0 Å². The molecule has 0 aliphatic carbocycles. The van der Waals surface area contributed by atoms with Crippen LogP contribution in [-0.4, -0.2) is 122 Å². The first kappa shape index (κ1) is 22.3. The van der Waals surface area contributed by atoms with Crippen molar-refractivity contribution in [1.29, 1.82) is 0 Å². The summed E-state index contributed by atoms with van der Waals surface area (Å²) in [6, 6.07) is 0. The molecule has 2 saturated heterocycles. The van der Waals surface area contributed by atoms with Gasteiger partial charge >= 0.3 is 0 Å². The maximum Gasteiger partial charge on any atom is 0.224 e. The Labute approximate surface area is 142 Å². The third-order valence-electron chi connectivity index (χ3n) is 4.07. The second-order valence-corrected chi connectivity index (χ2v) is 5.56. The van der Waals surface area contributed by atoms with Crippen molar-refractivity contribution in [2.24, 2.45) is 0 Å². The summed E-state index contributed by atoms with van der Waals surface area (Å²) in [5, 5.41) is 76.7. The minimum absolute atomic E-state index is 0.669. The van der Waals surface area contributed by atoms with E-state index < -0.39 is 74.6 Å². The van der Waals surface area contributed by atoms with Gasteiger partial charge in [0.25, 0.3) is 0 Å². The van der Waals surface area contributed by atoms with Crippen LogP contribution in [0.3, 0.4) is 0 Å². The fourth-order valence-electron chi connectivity index (χ4n) is 2.63. The van der Waals surface area contributed by atoms with E-state index in [9.17, 15) is 30.6 Å². The summed E-state index contributed by atoms with van der Waals surface area (Å²) in [7, 11) is 0. The first-order valence-electron chi connectivity index (χ1n) is 7.34. The Kier molecular flexibility index (Phi) is 8.24. The number of aliphatic hydroxyl groups excluding tert-OH is 8. The highest BCUT2D eigenvalue weighted by molar-refractivity contribution is 5.11. The SMILES string of the molecule is C=O.OC[C@H]1O[C@@](CO)(O[C@H]2O[C@H](CO)[C@@H](O)[C@H](O)[C@H]2O)[C@@H](O)[C@@H]1O. The molecule has 0 bridgehead atoms. The quantitative estimate of drug-likeness (QED) is 0.227. The molecule has 148 valence electrons. The summed E-state index contributed by atoms with van der Waals surface area (Å²) in [4.78, 5) is 8.00. The van der Waals surface area contributed by atoms with Crippen LogP contribution in [0.1, 0.15) is 0 Å². The van der Waals surface area contributed by atoms with Crippen LogP contribution in [0.15, 0.2) is 0 Å². The molecule has 2 heterocycles. The summed E-state index contributed by atoms with van der Waals surface area (Å²) in [6.45, 7) is -0.322. The van der Waals surface area contributed by atoms with Crippen molar-refractivity contribution in [3.05, 3.63) is 0 Å². The van der Waals surface area contributed by atoms with E-state index in [-0.39, 0.29) is 0 Å². The van der Waals surface area contributed by atoms with E-state index in [2.05, 4.69) is 0 Å². The predicted octanol–water partition coefficient (Wildman–Crippen LogP) is -5.58. The molecule has 25 heavy (non-hydrogen) atoms. The second kappa shape index (κ2) is 9.25. The number of rotatable bonds is 5. The molecule has 2 rings (SSSR count). The fourth-order valence-corrected chi connectivity index (χ4v) is 2.63. The van der Waals surface area contributed by atoms with E-state index in [1.165, 1.54) is 0 Å². The molecular formula is C13H24O12. The van der Waals surface area contributed by atoms with Crippen LogP contribution in [0, 0.1) is 0 Å². The van der Waals surface area contributed by atoms with Crippen molar-refractivity contribution in [3.63, 3.8) is 0 Å². The van der Waals surface area contributed by atoms with E-state index in [1.807, 2.05) is 6.79 Å². The van der Waals surface area contributed by atoms with Gasteiger partial charge in [-0.25, -0.2) is 0 Å². The number of hydrogen-bond donors (Lipinski definition) is 8. The number of aliphatic hydroxyl groups is 8. The van der Waals surface area contributed by atoms with Crippen molar-refractivity contribution in [1.82, 2.24) is 0 Å². The van der Waals surface area contributed by atoms with Gasteiger partial charge in [-0.15, -0.1) is 0 Å². The molecule has 0 spiro atoms. The molecule has 0 amide bonds. The van der Waals surface area contributed by atoms with Crippen molar-refractivity contribution >= 4 is 6.79 Å². The Morgan fingerprint density at radius 2 is 1.40 bits per heavy atom. The lowest BCUT2D eigenvalue weighted by Crippen LogP contribution is -2.62. The first-order chi connectivity index (χ1) is 11.8. The Morgan fingerprint density at radius 3 is 1.84 bits per heavy atom. The Balaban J connectivity index is 0.00000151. The van der Waals surface area contributed by atoms with Gasteiger partial charge in [-0.2, -0.15) is 0 Å². The lowest BCUT2D eigenvalue weighted by atomic mass is 9.99. The van der Waals surface area contributed by atoms with Crippen molar-refractivity contribution < 1.29 is 59.9 Å². The molecule has 12 nitrogen and oxygen atoms in total. The largest absolute Gasteiger partial charge is 0.394 e. The van der Waals surface area contributed by atoms with E-state index in [0.29, 0.717) is 0 Å². The number of carbonyl (C=O) groups is 1. The molecule has 12 heteroatoms. The van der Waals surface area contributed by atoms with Gasteiger partial charge in [0.2, 0.25) is 5.79 Å².